The zero-order chi connectivity index (χ0) is 24.9. The molecule has 178 valence electrons. The Morgan fingerprint density at radius 1 is 0.857 bits per heavy atom. The van der Waals surface area contributed by atoms with Gasteiger partial charge in [-0.2, -0.15) is 0 Å². The minimum atomic E-state index is -1.64. The molecular weight excluding hydrogens is 491 g/mol. The summed E-state index contributed by atoms with van der Waals surface area (Å²) in [6, 6.07) is 21.7. The Balaban J connectivity index is 1.46. The quantitative estimate of drug-likeness (QED) is 0.228. The predicted octanol–water partition coefficient (Wildman–Crippen LogP) is 5.96. The third-order valence-corrected chi connectivity index (χ3v) is 5.79. The molecule has 0 spiro atoms. The van der Waals surface area contributed by atoms with Gasteiger partial charge < -0.3 is 25.6 Å². The number of rotatable bonds is 7. The van der Waals surface area contributed by atoms with Crippen molar-refractivity contribution in [1.82, 2.24) is 5.32 Å². The number of carbonyl (C=O) groups is 2. The van der Waals surface area contributed by atoms with E-state index in [2.05, 4.69) is 34.9 Å². The molecule has 0 radical (unpaired) electrons. The highest BCUT2D eigenvalue weighted by atomic mass is 35.5. The number of halogens is 2. The number of carbonyl (C=O) groups excluding carboxylic acids is 1. The van der Waals surface area contributed by atoms with Crippen molar-refractivity contribution < 1.29 is 24.5 Å². The van der Waals surface area contributed by atoms with Crippen LogP contribution in [0.3, 0.4) is 0 Å². The van der Waals surface area contributed by atoms with E-state index in [0.717, 1.165) is 16.3 Å². The Hall–Kier alpha value is -3.78. The second-order valence-corrected chi connectivity index (χ2v) is 8.48. The van der Waals surface area contributed by atoms with Crippen molar-refractivity contribution in [2.75, 3.05) is 5.32 Å². The zero-order valence-corrected chi connectivity index (χ0v) is 19.7. The highest BCUT2D eigenvalue weighted by Crippen LogP contribution is 2.39. The summed E-state index contributed by atoms with van der Waals surface area (Å²) < 4.78 is 5.83. The van der Waals surface area contributed by atoms with Gasteiger partial charge in [0.2, 0.25) is 0 Å². The smallest absolute Gasteiger partial charge is 0.394 e. The van der Waals surface area contributed by atoms with Gasteiger partial charge in [-0.1, -0.05) is 65.7 Å². The van der Waals surface area contributed by atoms with Crippen molar-refractivity contribution in [3.05, 3.63) is 94.0 Å². The van der Waals surface area contributed by atoms with Crippen molar-refractivity contribution in [1.29, 1.82) is 0 Å². The number of amides is 1. The molecule has 0 saturated carbocycles. The first kappa shape index (κ1) is 24.3. The maximum atomic E-state index is 11.4. The average Bonchev–Trinajstić information content (AvgIpc) is 2.83. The Bertz CT molecular complexity index is 1400. The van der Waals surface area contributed by atoms with Gasteiger partial charge in [-0.15, -0.1) is 0 Å². The van der Waals surface area contributed by atoms with Crippen LogP contribution < -0.4 is 15.4 Å². The number of ether oxygens (including phenoxy) is 1. The minimum Gasteiger partial charge on any atom is -0.508 e. The van der Waals surface area contributed by atoms with Gasteiger partial charge in [0.25, 0.3) is 0 Å². The lowest BCUT2D eigenvalue weighted by Gasteiger charge is -2.14. The number of fused-ring (bicyclic) bond motifs is 1. The number of hydrogen-bond acceptors (Lipinski definition) is 5. The lowest BCUT2D eigenvalue weighted by atomic mass is 10.0. The van der Waals surface area contributed by atoms with E-state index in [0.29, 0.717) is 24.4 Å². The number of phenolic OH excluding ortho intramolecular Hbond substituents is 1. The third-order valence-electron chi connectivity index (χ3n) is 5.23. The minimum absolute atomic E-state index is 0.0712. The number of aromatic hydroxyl groups is 1. The molecule has 35 heavy (non-hydrogen) atoms. The summed E-state index contributed by atoms with van der Waals surface area (Å²) in [5.74, 6) is -2.24. The number of carboxylic acid groups (broad SMARTS) is 1. The van der Waals surface area contributed by atoms with E-state index < -0.39 is 11.9 Å². The van der Waals surface area contributed by atoms with Crippen molar-refractivity contribution in [2.24, 2.45) is 0 Å². The molecule has 4 N–H and O–H groups in total. The molecule has 0 aliphatic heterocycles. The van der Waals surface area contributed by atoms with E-state index in [4.69, 9.17) is 33.0 Å². The summed E-state index contributed by atoms with van der Waals surface area (Å²) in [4.78, 5) is 22.1. The number of anilines is 1. The summed E-state index contributed by atoms with van der Waals surface area (Å²) in [7, 11) is 0. The Kier molecular flexibility index (Phi) is 7.41. The first-order valence-corrected chi connectivity index (χ1v) is 11.3. The summed E-state index contributed by atoms with van der Waals surface area (Å²) in [6.07, 6.45) is 0. The van der Waals surface area contributed by atoms with Gasteiger partial charge in [0.15, 0.2) is 5.75 Å². The number of benzene rings is 4. The number of nitrogens with one attached hydrogen (secondary N) is 2. The van der Waals surface area contributed by atoms with Crippen LogP contribution in [0.4, 0.5) is 5.69 Å². The molecule has 7 nitrogen and oxygen atoms in total. The van der Waals surface area contributed by atoms with Gasteiger partial charge in [-0.05, 0) is 46.7 Å². The standard InChI is InChI=1S/C26H20Cl2N2O5/c27-21-11-18(30-25(32)26(33)34)12-22(28)24(21)35-19-8-9-23(31)17(10-19)14-29-13-16-6-3-5-15-4-1-2-7-20(15)16/h1-12,29,31H,13-14H2,(H,30,32)(H,33,34). The van der Waals surface area contributed by atoms with Crippen molar-refractivity contribution >= 4 is 51.5 Å². The van der Waals surface area contributed by atoms with Crippen molar-refractivity contribution in [3.8, 4) is 17.2 Å². The molecule has 0 heterocycles. The van der Waals surface area contributed by atoms with Crippen molar-refractivity contribution in [3.63, 3.8) is 0 Å². The third kappa shape index (κ3) is 5.84. The molecule has 9 heteroatoms. The molecule has 4 aromatic carbocycles. The topological polar surface area (TPSA) is 108 Å². The average molecular weight is 511 g/mol. The Morgan fingerprint density at radius 3 is 2.29 bits per heavy atom. The van der Waals surface area contributed by atoms with E-state index in [9.17, 15) is 14.7 Å². The zero-order valence-electron chi connectivity index (χ0n) is 18.2. The second kappa shape index (κ2) is 10.7. The van der Waals surface area contributed by atoms with Crippen LogP contribution in [0.2, 0.25) is 10.0 Å². The molecule has 0 aromatic heterocycles. The monoisotopic (exact) mass is 510 g/mol. The summed E-state index contributed by atoms with van der Waals surface area (Å²) in [5.41, 5.74) is 1.87. The van der Waals surface area contributed by atoms with Gasteiger partial charge in [0, 0.05) is 24.3 Å². The molecule has 1 amide bonds. The van der Waals surface area contributed by atoms with Crippen LogP contribution >= 0.6 is 23.2 Å². The highest BCUT2D eigenvalue weighted by molar-refractivity contribution is 6.39. The van der Waals surface area contributed by atoms with Crippen LogP contribution in [-0.2, 0) is 22.7 Å². The molecule has 0 fully saturated rings. The lowest BCUT2D eigenvalue weighted by molar-refractivity contribution is -0.147. The Labute approximate surface area is 210 Å². The van der Waals surface area contributed by atoms with E-state index >= 15 is 0 Å². The van der Waals surface area contributed by atoms with Gasteiger partial charge in [-0.25, -0.2) is 4.79 Å². The lowest BCUT2D eigenvalue weighted by Crippen LogP contribution is -2.21. The molecule has 0 saturated heterocycles. The summed E-state index contributed by atoms with van der Waals surface area (Å²) in [5, 5.41) is 27.0. The molecule has 0 aliphatic rings. The summed E-state index contributed by atoms with van der Waals surface area (Å²) >= 11 is 12.5. The van der Waals surface area contributed by atoms with E-state index in [1.807, 2.05) is 18.2 Å². The highest BCUT2D eigenvalue weighted by Gasteiger charge is 2.16. The summed E-state index contributed by atoms with van der Waals surface area (Å²) in [6.45, 7) is 0.987. The van der Waals surface area contributed by atoms with Crippen LogP contribution in [0.1, 0.15) is 11.1 Å². The SMILES string of the molecule is O=C(O)C(=O)Nc1cc(Cl)c(Oc2ccc(O)c(CNCc3cccc4ccccc34)c2)c(Cl)c1. The predicted molar refractivity (Wildman–Crippen MR) is 135 cm³/mol. The molecule has 4 aromatic rings. The fourth-order valence-electron chi connectivity index (χ4n) is 3.58. The molecule has 0 unspecified atom stereocenters. The van der Waals surface area contributed by atoms with Gasteiger partial charge >= 0.3 is 11.9 Å². The molecular formula is C26H20Cl2N2O5. The van der Waals surface area contributed by atoms with E-state index in [1.54, 1.807) is 12.1 Å². The first-order chi connectivity index (χ1) is 16.8. The van der Waals surface area contributed by atoms with Crippen LogP contribution in [0, 0.1) is 0 Å². The molecule has 0 aliphatic carbocycles. The first-order valence-electron chi connectivity index (χ1n) is 10.5. The number of aliphatic carboxylic acids is 1. The molecule has 0 bridgehead atoms. The van der Waals surface area contributed by atoms with Crippen LogP contribution in [0.15, 0.2) is 72.8 Å². The molecule has 0 atom stereocenters. The van der Waals surface area contributed by atoms with E-state index in [-0.39, 0.29) is 27.2 Å². The second-order valence-electron chi connectivity index (χ2n) is 7.66. The number of hydrogen-bond donors (Lipinski definition) is 4. The van der Waals surface area contributed by atoms with Crippen LogP contribution in [0.25, 0.3) is 10.8 Å². The van der Waals surface area contributed by atoms with Gasteiger partial charge in [0.05, 0.1) is 10.0 Å². The van der Waals surface area contributed by atoms with Gasteiger partial charge in [-0.3, -0.25) is 4.79 Å². The largest absolute Gasteiger partial charge is 0.508 e. The number of carboxylic acids is 1. The fourth-order valence-corrected chi connectivity index (χ4v) is 4.14. The van der Waals surface area contributed by atoms with E-state index in [1.165, 1.54) is 18.2 Å². The maximum Gasteiger partial charge on any atom is 0.394 e. The number of phenols is 1. The van der Waals surface area contributed by atoms with Crippen LogP contribution in [0.5, 0.6) is 17.2 Å². The van der Waals surface area contributed by atoms with Crippen molar-refractivity contribution in [2.45, 2.75) is 13.1 Å². The maximum absolute atomic E-state index is 11.4. The normalized spacial score (nSPS) is 10.8. The van der Waals surface area contributed by atoms with Crippen LogP contribution in [-0.4, -0.2) is 22.1 Å². The Morgan fingerprint density at radius 2 is 1.54 bits per heavy atom. The molecule has 4 rings (SSSR count). The fraction of sp³-hybridized carbons (Fsp3) is 0.0769. The van der Waals surface area contributed by atoms with Gasteiger partial charge in [0.1, 0.15) is 11.5 Å².